The molecule has 1 aromatic heterocycles. The zero-order chi connectivity index (χ0) is 19.1. The first kappa shape index (κ1) is 19.1. The lowest BCUT2D eigenvalue weighted by Gasteiger charge is -2.15. The van der Waals surface area contributed by atoms with Crippen molar-refractivity contribution in [2.75, 3.05) is 17.2 Å². The Balaban J connectivity index is 1.78. The van der Waals surface area contributed by atoms with Crippen molar-refractivity contribution in [2.45, 2.75) is 9.59 Å². The molecule has 5 nitrogen and oxygen atoms in total. The summed E-state index contributed by atoms with van der Waals surface area (Å²) in [5.41, 5.74) is 1.38. The average Bonchev–Trinajstić information content (AvgIpc) is 3.14. The molecule has 0 saturated carbocycles. The van der Waals surface area contributed by atoms with E-state index < -0.39 is 5.25 Å². The molecular formula is C19H17FN4OS2. The van der Waals surface area contributed by atoms with Crippen LogP contribution in [0.5, 0.6) is 0 Å². The van der Waals surface area contributed by atoms with Gasteiger partial charge in [-0.15, -0.1) is 16.8 Å². The highest BCUT2D eigenvalue weighted by atomic mass is 32.2. The predicted molar refractivity (Wildman–Crippen MR) is 109 cm³/mol. The van der Waals surface area contributed by atoms with Crippen molar-refractivity contribution in [3.8, 4) is 0 Å². The van der Waals surface area contributed by atoms with Crippen molar-refractivity contribution in [1.29, 1.82) is 0 Å². The molecule has 0 aliphatic carbocycles. The van der Waals surface area contributed by atoms with Crippen molar-refractivity contribution in [3.05, 3.63) is 78.6 Å². The Morgan fingerprint density at radius 2 is 1.93 bits per heavy atom. The second-order valence-electron chi connectivity index (χ2n) is 5.45. The fraction of sp³-hybridized carbons (Fsp3) is 0.105. The van der Waals surface area contributed by atoms with Crippen LogP contribution < -0.4 is 10.6 Å². The second kappa shape index (κ2) is 9.29. The van der Waals surface area contributed by atoms with Gasteiger partial charge in [0.1, 0.15) is 11.1 Å². The van der Waals surface area contributed by atoms with E-state index in [1.54, 1.807) is 6.08 Å². The van der Waals surface area contributed by atoms with Crippen LogP contribution in [-0.2, 0) is 4.79 Å². The number of nitrogens with zero attached hydrogens (tertiary/aromatic N) is 2. The highest BCUT2D eigenvalue weighted by Gasteiger charge is 2.24. The number of hydrogen-bond acceptors (Lipinski definition) is 6. The third-order valence-corrected chi connectivity index (χ3v) is 5.69. The molecule has 0 radical (unpaired) electrons. The molecule has 0 spiro atoms. The minimum atomic E-state index is -0.517. The Morgan fingerprint density at radius 3 is 2.63 bits per heavy atom. The van der Waals surface area contributed by atoms with Gasteiger partial charge in [-0.25, -0.2) is 4.39 Å². The molecule has 8 heteroatoms. The molecule has 1 heterocycles. The van der Waals surface area contributed by atoms with Gasteiger partial charge in [-0.05, 0) is 29.8 Å². The molecule has 3 aromatic rings. The van der Waals surface area contributed by atoms with Crippen LogP contribution in [-0.4, -0.2) is 22.6 Å². The molecule has 1 unspecified atom stereocenters. The number of benzene rings is 2. The quantitative estimate of drug-likeness (QED) is 0.422. The normalized spacial score (nSPS) is 11.6. The molecule has 1 amide bonds. The Bertz CT molecular complexity index is 900. The third kappa shape index (κ3) is 5.38. The van der Waals surface area contributed by atoms with Crippen molar-refractivity contribution >= 4 is 39.8 Å². The van der Waals surface area contributed by atoms with Gasteiger partial charge in [-0.3, -0.25) is 4.79 Å². The van der Waals surface area contributed by atoms with E-state index >= 15 is 0 Å². The molecule has 0 aliphatic heterocycles. The van der Waals surface area contributed by atoms with Gasteiger partial charge < -0.3 is 10.6 Å². The summed E-state index contributed by atoms with van der Waals surface area (Å²) in [4.78, 5) is 12.9. The van der Waals surface area contributed by atoms with E-state index in [0.29, 0.717) is 21.7 Å². The highest BCUT2D eigenvalue weighted by molar-refractivity contribution is 8.02. The molecule has 0 bridgehead atoms. The van der Waals surface area contributed by atoms with E-state index in [1.807, 2.05) is 30.3 Å². The lowest BCUT2D eigenvalue weighted by atomic mass is 10.1. The minimum absolute atomic E-state index is 0.214. The molecule has 27 heavy (non-hydrogen) atoms. The minimum Gasteiger partial charge on any atom is -0.357 e. The van der Waals surface area contributed by atoms with E-state index in [4.69, 9.17) is 0 Å². The summed E-state index contributed by atoms with van der Waals surface area (Å²) in [5.74, 6) is -0.566. The zero-order valence-corrected chi connectivity index (χ0v) is 15.9. The largest absolute Gasteiger partial charge is 0.357 e. The van der Waals surface area contributed by atoms with E-state index in [0.717, 1.165) is 5.56 Å². The fourth-order valence-electron chi connectivity index (χ4n) is 2.23. The summed E-state index contributed by atoms with van der Waals surface area (Å²) in [6.07, 6.45) is 1.73. The highest BCUT2D eigenvalue weighted by Crippen LogP contribution is 2.38. The molecule has 138 valence electrons. The molecule has 0 fully saturated rings. The summed E-state index contributed by atoms with van der Waals surface area (Å²) < 4.78 is 13.8. The lowest BCUT2D eigenvalue weighted by Crippen LogP contribution is -2.19. The topological polar surface area (TPSA) is 66.9 Å². The Hall–Kier alpha value is -2.71. The van der Waals surface area contributed by atoms with Crippen molar-refractivity contribution in [2.24, 2.45) is 0 Å². The van der Waals surface area contributed by atoms with Crippen LogP contribution in [0.1, 0.15) is 10.8 Å². The van der Waals surface area contributed by atoms with E-state index in [1.165, 1.54) is 47.4 Å². The van der Waals surface area contributed by atoms with Crippen LogP contribution in [0.3, 0.4) is 0 Å². The monoisotopic (exact) mass is 400 g/mol. The standard InChI is InChI=1S/C19H17FN4OS2/c1-2-12-21-18-23-24-19(27-18)26-16(13-6-4-3-5-7-13)17(25)22-15-10-8-14(20)9-11-15/h2-11,16H,1,12H2,(H,21,23)(H,22,25). The summed E-state index contributed by atoms with van der Waals surface area (Å²) in [7, 11) is 0. The van der Waals surface area contributed by atoms with Crippen LogP contribution in [0, 0.1) is 5.82 Å². The summed E-state index contributed by atoms with van der Waals surface area (Å²) in [5, 5.41) is 14.3. The van der Waals surface area contributed by atoms with E-state index in [-0.39, 0.29) is 11.7 Å². The Morgan fingerprint density at radius 1 is 1.19 bits per heavy atom. The van der Waals surface area contributed by atoms with Gasteiger partial charge in [-0.1, -0.05) is 59.5 Å². The van der Waals surface area contributed by atoms with Gasteiger partial charge in [0.15, 0.2) is 4.34 Å². The summed E-state index contributed by atoms with van der Waals surface area (Å²) in [6, 6.07) is 15.1. The maximum absolute atomic E-state index is 13.1. The first-order chi connectivity index (χ1) is 13.2. The fourth-order valence-corrected chi connectivity index (χ4v) is 4.18. The third-order valence-electron chi connectivity index (χ3n) is 3.47. The van der Waals surface area contributed by atoms with Crippen LogP contribution >= 0.6 is 23.1 Å². The van der Waals surface area contributed by atoms with Gasteiger partial charge in [0.2, 0.25) is 11.0 Å². The number of aromatic nitrogens is 2. The molecule has 0 aliphatic rings. The van der Waals surface area contributed by atoms with E-state index in [9.17, 15) is 9.18 Å². The van der Waals surface area contributed by atoms with Crippen LogP contribution in [0.2, 0.25) is 0 Å². The number of rotatable bonds is 8. The number of anilines is 2. The van der Waals surface area contributed by atoms with Gasteiger partial charge in [0.25, 0.3) is 0 Å². The van der Waals surface area contributed by atoms with Crippen LogP contribution in [0.25, 0.3) is 0 Å². The molecule has 1 atom stereocenters. The number of nitrogens with one attached hydrogen (secondary N) is 2. The number of thioether (sulfide) groups is 1. The van der Waals surface area contributed by atoms with Gasteiger partial charge in [-0.2, -0.15) is 0 Å². The average molecular weight is 401 g/mol. The molecule has 2 aromatic carbocycles. The van der Waals surface area contributed by atoms with Crippen LogP contribution in [0.15, 0.2) is 71.6 Å². The van der Waals surface area contributed by atoms with Gasteiger partial charge in [0, 0.05) is 12.2 Å². The Labute approximate surface area is 164 Å². The first-order valence-corrected chi connectivity index (χ1v) is 9.81. The molecule has 0 saturated heterocycles. The van der Waals surface area contributed by atoms with Crippen molar-refractivity contribution in [3.63, 3.8) is 0 Å². The first-order valence-electron chi connectivity index (χ1n) is 8.12. The van der Waals surface area contributed by atoms with Crippen LogP contribution in [0.4, 0.5) is 15.2 Å². The van der Waals surface area contributed by atoms with Gasteiger partial charge >= 0.3 is 0 Å². The number of hydrogen-bond donors (Lipinski definition) is 2. The lowest BCUT2D eigenvalue weighted by molar-refractivity contribution is -0.115. The number of carbonyl (C=O) groups excluding carboxylic acids is 1. The Kier molecular flexibility index (Phi) is 6.56. The molecule has 2 N–H and O–H groups in total. The van der Waals surface area contributed by atoms with Crippen molar-refractivity contribution < 1.29 is 9.18 Å². The smallest absolute Gasteiger partial charge is 0.242 e. The maximum atomic E-state index is 13.1. The number of carbonyl (C=O) groups is 1. The number of amides is 1. The van der Waals surface area contributed by atoms with E-state index in [2.05, 4.69) is 27.4 Å². The predicted octanol–water partition coefficient (Wildman–Crippen LogP) is 4.75. The van der Waals surface area contributed by atoms with Crippen molar-refractivity contribution in [1.82, 2.24) is 10.2 Å². The van der Waals surface area contributed by atoms with Gasteiger partial charge in [0.05, 0.1) is 0 Å². The SMILES string of the molecule is C=CCNc1nnc(SC(C(=O)Nc2ccc(F)cc2)c2ccccc2)s1. The summed E-state index contributed by atoms with van der Waals surface area (Å²) in [6.45, 7) is 4.24. The number of halogens is 1. The maximum Gasteiger partial charge on any atom is 0.242 e. The molecule has 3 rings (SSSR count). The zero-order valence-electron chi connectivity index (χ0n) is 14.3. The second-order valence-corrected chi connectivity index (χ2v) is 7.78. The molecular weight excluding hydrogens is 383 g/mol. The summed E-state index contributed by atoms with van der Waals surface area (Å²) >= 11 is 2.69.